The standard InChI is InChI=1S/C15H26N2O3/c1-12-6-3-2-4-9-17(12)15(20)16-8-5-7-13(11-16)10-14(18)19/h12-13H,2-11H2,1H3,(H,18,19). The van der Waals surface area contributed by atoms with Gasteiger partial charge in [-0.1, -0.05) is 12.8 Å². The SMILES string of the molecule is CC1CCCCCN1C(=O)N1CCCC(CC(=O)O)C1. The summed E-state index contributed by atoms with van der Waals surface area (Å²) in [6, 6.07) is 0.430. The lowest BCUT2D eigenvalue weighted by Gasteiger charge is -2.38. The summed E-state index contributed by atoms with van der Waals surface area (Å²) in [5, 5.41) is 8.90. The topological polar surface area (TPSA) is 60.9 Å². The molecule has 0 aliphatic carbocycles. The second kappa shape index (κ2) is 6.95. The number of hydrogen-bond donors (Lipinski definition) is 1. The number of amides is 2. The summed E-state index contributed by atoms with van der Waals surface area (Å²) in [7, 11) is 0. The van der Waals surface area contributed by atoms with Crippen molar-refractivity contribution < 1.29 is 14.7 Å². The van der Waals surface area contributed by atoms with E-state index in [1.807, 2.05) is 9.80 Å². The highest BCUT2D eigenvalue weighted by molar-refractivity contribution is 5.75. The van der Waals surface area contributed by atoms with E-state index in [-0.39, 0.29) is 18.4 Å². The van der Waals surface area contributed by atoms with E-state index in [9.17, 15) is 9.59 Å². The van der Waals surface area contributed by atoms with Gasteiger partial charge in [-0.2, -0.15) is 0 Å². The highest BCUT2D eigenvalue weighted by atomic mass is 16.4. The molecule has 2 atom stereocenters. The van der Waals surface area contributed by atoms with Crippen LogP contribution in [0.4, 0.5) is 4.79 Å². The molecular weight excluding hydrogens is 256 g/mol. The molecule has 2 rings (SSSR count). The Balaban J connectivity index is 1.94. The monoisotopic (exact) mass is 282 g/mol. The maximum Gasteiger partial charge on any atom is 0.320 e. The van der Waals surface area contributed by atoms with E-state index in [0.29, 0.717) is 12.6 Å². The predicted octanol–water partition coefficient (Wildman–Crippen LogP) is 2.56. The van der Waals surface area contributed by atoms with E-state index >= 15 is 0 Å². The Kier molecular flexibility index (Phi) is 5.26. The Morgan fingerprint density at radius 1 is 1.10 bits per heavy atom. The number of carboxylic acid groups (broad SMARTS) is 1. The van der Waals surface area contributed by atoms with Crippen LogP contribution in [0.2, 0.25) is 0 Å². The van der Waals surface area contributed by atoms with Crippen molar-refractivity contribution >= 4 is 12.0 Å². The van der Waals surface area contributed by atoms with Crippen molar-refractivity contribution in [3.8, 4) is 0 Å². The minimum Gasteiger partial charge on any atom is -0.481 e. The van der Waals surface area contributed by atoms with Crippen LogP contribution in [0.3, 0.4) is 0 Å². The van der Waals surface area contributed by atoms with Crippen molar-refractivity contribution in [1.29, 1.82) is 0 Å². The molecule has 2 fully saturated rings. The third-order valence-electron chi connectivity index (χ3n) is 4.55. The minimum absolute atomic E-state index is 0.118. The van der Waals surface area contributed by atoms with Crippen LogP contribution in [0.1, 0.15) is 51.9 Å². The van der Waals surface area contributed by atoms with Crippen molar-refractivity contribution in [3.63, 3.8) is 0 Å². The van der Waals surface area contributed by atoms with Crippen molar-refractivity contribution in [2.45, 2.75) is 57.9 Å². The highest BCUT2D eigenvalue weighted by Gasteiger charge is 2.30. The first-order chi connectivity index (χ1) is 9.58. The van der Waals surface area contributed by atoms with E-state index in [2.05, 4.69) is 6.92 Å². The number of piperidine rings is 1. The lowest BCUT2D eigenvalue weighted by molar-refractivity contribution is -0.138. The van der Waals surface area contributed by atoms with Crippen LogP contribution in [-0.2, 0) is 4.79 Å². The number of carbonyl (C=O) groups is 2. The largest absolute Gasteiger partial charge is 0.481 e. The Morgan fingerprint density at radius 2 is 1.90 bits per heavy atom. The fraction of sp³-hybridized carbons (Fsp3) is 0.867. The number of rotatable bonds is 2. The summed E-state index contributed by atoms with van der Waals surface area (Å²) in [6.45, 7) is 4.36. The molecule has 20 heavy (non-hydrogen) atoms. The normalized spacial score (nSPS) is 28.1. The number of nitrogens with zero attached hydrogens (tertiary/aromatic N) is 2. The van der Waals surface area contributed by atoms with Crippen molar-refractivity contribution in [1.82, 2.24) is 9.80 Å². The summed E-state index contributed by atoms with van der Waals surface area (Å²) in [6.07, 6.45) is 6.60. The van der Waals surface area contributed by atoms with Gasteiger partial charge in [-0.15, -0.1) is 0 Å². The van der Waals surface area contributed by atoms with Crippen LogP contribution in [0.25, 0.3) is 0 Å². The summed E-state index contributed by atoms with van der Waals surface area (Å²) < 4.78 is 0. The van der Waals surface area contributed by atoms with Gasteiger partial charge in [0, 0.05) is 32.1 Å². The molecule has 5 nitrogen and oxygen atoms in total. The molecule has 0 spiro atoms. The Hall–Kier alpha value is -1.26. The molecule has 1 N–H and O–H groups in total. The molecule has 5 heteroatoms. The van der Waals surface area contributed by atoms with Crippen LogP contribution in [-0.4, -0.2) is 52.6 Å². The average Bonchev–Trinajstić information content (AvgIpc) is 2.62. The van der Waals surface area contributed by atoms with E-state index in [4.69, 9.17) is 5.11 Å². The van der Waals surface area contributed by atoms with Gasteiger partial charge in [0.15, 0.2) is 0 Å². The quantitative estimate of drug-likeness (QED) is 0.846. The van der Waals surface area contributed by atoms with Gasteiger partial charge in [0.2, 0.25) is 0 Å². The molecule has 0 aromatic rings. The molecular formula is C15H26N2O3. The van der Waals surface area contributed by atoms with Gasteiger partial charge >= 0.3 is 12.0 Å². The molecule has 0 aromatic heterocycles. The van der Waals surface area contributed by atoms with Gasteiger partial charge in [-0.05, 0) is 38.5 Å². The summed E-state index contributed by atoms with van der Waals surface area (Å²) in [5.41, 5.74) is 0. The maximum atomic E-state index is 12.7. The molecule has 2 amide bonds. The van der Waals surface area contributed by atoms with Crippen LogP contribution in [0.5, 0.6) is 0 Å². The first-order valence-electron chi connectivity index (χ1n) is 7.85. The Morgan fingerprint density at radius 3 is 2.65 bits per heavy atom. The maximum absolute atomic E-state index is 12.7. The highest BCUT2D eigenvalue weighted by Crippen LogP contribution is 2.23. The fourth-order valence-corrected chi connectivity index (χ4v) is 3.39. The van der Waals surface area contributed by atoms with Gasteiger partial charge in [-0.3, -0.25) is 4.79 Å². The number of carboxylic acids is 1. The number of urea groups is 1. The number of carbonyl (C=O) groups excluding carboxylic acids is 1. The van der Waals surface area contributed by atoms with Crippen LogP contribution >= 0.6 is 0 Å². The molecule has 2 heterocycles. The first kappa shape index (κ1) is 15.1. The number of aliphatic carboxylic acids is 1. The van der Waals surface area contributed by atoms with Crippen molar-refractivity contribution in [3.05, 3.63) is 0 Å². The molecule has 0 bridgehead atoms. The lowest BCUT2D eigenvalue weighted by Crippen LogP contribution is -2.50. The number of likely N-dealkylation sites (tertiary alicyclic amines) is 2. The van der Waals surface area contributed by atoms with Crippen LogP contribution < -0.4 is 0 Å². The Labute approximate surface area is 120 Å². The summed E-state index contributed by atoms with van der Waals surface area (Å²) in [4.78, 5) is 27.4. The predicted molar refractivity (Wildman–Crippen MR) is 76.6 cm³/mol. The van der Waals surface area contributed by atoms with Gasteiger partial charge < -0.3 is 14.9 Å². The van der Waals surface area contributed by atoms with Crippen molar-refractivity contribution in [2.75, 3.05) is 19.6 Å². The second-order valence-corrected chi connectivity index (χ2v) is 6.23. The third-order valence-corrected chi connectivity index (χ3v) is 4.55. The van der Waals surface area contributed by atoms with E-state index < -0.39 is 5.97 Å². The smallest absolute Gasteiger partial charge is 0.320 e. The Bertz CT molecular complexity index is 359. The zero-order chi connectivity index (χ0) is 14.5. The molecule has 2 saturated heterocycles. The zero-order valence-electron chi connectivity index (χ0n) is 12.4. The van der Waals surface area contributed by atoms with Crippen molar-refractivity contribution in [2.24, 2.45) is 5.92 Å². The third kappa shape index (κ3) is 3.87. The van der Waals surface area contributed by atoms with Crippen LogP contribution in [0.15, 0.2) is 0 Å². The zero-order valence-corrected chi connectivity index (χ0v) is 12.4. The van der Waals surface area contributed by atoms with E-state index in [1.165, 1.54) is 12.8 Å². The molecule has 0 aromatic carbocycles. The first-order valence-corrected chi connectivity index (χ1v) is 7.85. The number of hydrogen-bond acceptors (Lipinski definition) is 2. The summed E-state index contributed by atoms with van der Waals surface area (Å²) >= 11 is 0. The average molecular weight is 282 g/mol. The molecule has 2 aliphatic heterocycles. The van der Waals surface area contributed by atoms with Gasteiger partial charge in [-0.25, -0.2) is 4.79 Å². The molecule has 0 radical (unpaired) electrons. The fourth-order valence-electron chi connectivity index (χ4n) is 3.39. The van der Waals surface area contributed by atoms with Gasteiger partial charge in [0.05, 0.1) is 0 Å². The lowest BCUT2D eigenvalue weighted by atomic mass is 9.95. The van der Waals surface area contributed by atoms with Gasteiger partial charge in [0.1, 0.15) is 0 Å². The van der Waals surface area contributed by atoms with Gasteiger partial charge in [0.25, 0.3) is 0 Å². The molecule has 0 saturated carbocycles. The minimum atomic E-state index is -0.757. The van der Waals surface area contributed by atoms with E-state index in [0.717, 1.165) is 38.8 Å². The van der Waals surface area contributed by atoms with E-state index in [1.54, 1.807) is 0 Å². The molecule has 114 valence electrons. The van der Waals surface area contributed by atoms with Crippen LogP contribution in [0, 0.1) is 5.92 Å². The molecule has 2 unspecified atom stereocenters. The molecule has 2 aliphatic rings. The summed E-state index contributed by atoms with van der Waals surface area (Å²) in [5.74, 6) is -0.639. The second-order valence-electron chi connectivity index (χ2n) is 6.23.